The van der Waals surface area contributed by atoms with Gasteiger partial charge >= 0.3 is 0 Å². The molecule has 7 heteroatoms. The van der Waals surface area contributed by atoms with Crippen molar-refractivity contribution in [1.29, 1.82) is 0 Å². The third kappa shape index (κ3) is 3.28. The number of halogens is 2. The van der Waals surface area contributed by atoms with E-state index in [9.17, 15) is 4.79 Å². The Bertz CT molecular complexity index is 1040. The van der Waals surface area contributed by atoms with Crippen LogP contribution in [0.5, 0.6) is 0 Å². The number of anilines is 1. The molecule has 0 radical (unpaired) electrons. The van der Waals surface area contributed by atoms with Crippen molar-refractivity contribution in [2.24, 2.45) is 0 Å². The van der Waals surface area contributed by atoms with E-state index in [2.05, 4.69) is 10.3 Å². The maximum Gasteiger partial charge on any atom is 0.265 e. The van der Waals surface area contributed by atoms with Gasteiger partial charge in [0, 0.05) is 5.56 Å². The van der Waals surface area contributed by atoms with Crippen molar-refractivity contribution >= 4 is 67.7 Å². The normalized spacial score (nSPS) is 11.0. The first-order valence-electron chi connectivity index (χ1n) is 7.31. The lowest BCUT2D eigenvalue weighted by Gasteiger charge is -2.09. The van der Waals surface area contributed by atoms with Gasteiger partial charge in [-0.05, 0) is 35.7 Å². The van der Waals surface area contributed by atoms with E-state index in [0.29, 0.717) is 20.6 Å². The number of thiophene rings is 1. The maximum absolute atomic E-state index is 12.3. The zero-order valence-corrected chi connectivity index (χ0v) is 15.8. The fourth-order valence-corrected chi connectivity index (χ4v) is 4.58. The number of thiazole rings is 1. The number of aromatic nitrogens is 1. The Morgan fingerprint density at radius 3 is 2.64 bits per heavy atom. The first-order valence-corrected chi connectivity index (χ1v) is 9.77. The first kappa shape index (κ1) is 16.5. The first-order chi connectivity index (χ1) is 12.1. The van der Waals surface area contributed by atoms with Gasteiger partial charge in [0.1, 0.15) is 5.01 Å². The van der Waals surface area contributed by atoms with Crippen LogP contribution in [0.15, 0.2) is 53.9 Å². The van der Waals surface area contributed by atoms with Gasteiger partial charge < -0.3 is 5.32 Å². The summed E-state index contributed by atoms with van der Waals surface area (Å²) in [6.07, 6.45) is 0. The van der Waals surface area contributed by atoms with E-state index in [1.165, 1.54) is 11.3 Å². The summed E-state index contributed by atoms with van der Waals surface area (Å²) in [6.45, 7) is 0. The fourth-order valence-electron chi connectivity index (χ4n) is 2.39. The molecule has 1 amide bonds. The summed E-state index contributed by atoms with van der Waals surface area (Å²) >= 11 is 15.5. The van der Waals surface area contributed by atoms with Crippen LogP contribution in [-0.2, 0) is 0 Å². The van der Waals surface area contributed by atoms with E-state index in [4.69, 9.17) is 23.2 Å². The Kier molecular flexibility index (Phi) is 4.48. The summed E-state index contributed by atoms with van der Waals surface area (Å²) in [5.41, 5.74) is 2.17. The molecular weight excluding hydrogens is 395 g/mol. The molecule has 0 saturated carbocycles. The molecule has 0 aliphatic heterocycles. The van der Waals surface area contributed by atoms with Crippen molar-refractivity contribution in [2.75, 3.05) is 5.32 Å². The molecule has 0 atom stereocenters. The zero-order valence-electron chi connectivity index (χ0n) is 12.6. The fraction of sp³-hybridized carbons (Fsp3) is 0. The van der Waals surface area contributed by atoms with E-state index in [0.717, 1.165) is 20.8 Å². The molecule has 124 valence electrons. The summed E-state index contributed by atoms with van der Waals surface area (Å²) in [6, 6.07) is 14.9. The molecule has 2 aromatic carbocycles. The molecule has 0 fully saturated rings. The summed E-state index contributed by atoms with van der Waals surface area (Å²) < 4.78 is 1.08. The number of carbonyl (C=O) groups excluding carboxylic acids is 1. The molecule has 25 heavy (non-hydrogen) atoms. The lowest BCUT2D eigenvalue weighted by molar-refractivity contribution is 0.103. The Morgan fingerprint density at radius 2 is 1.88 bits per heavy atom. The molecule has 0 spiro atoms. The number of nitrogens with zero attached hydrogens (tertiary/aromatic N) is 1. The predicted molar refractivity (Wildman–Crippen MR) is 107 cm³/mol. The Morgan fingerprint density at radius 1 is 1.04 bits per heavy atom. The van der Waals surface area contributed by atoms with Gasteiger partial charge in [0.2, 0.25) is 0 Å². The number of amides is 1. The van der Waals surface area contributed by atoms with Crippen LogP contribution in [0.3, 0.4) is 0 Å². The van der Waals surface area contributed by atoms with Gasteiger partial charge in [0.15, 0.2) is 0 Å². The molecule has 0 bridgehead atoms. The van der Waals surface area contributed by atoms with Gasteiger partial charge in [-0.15, -0.1) is 22.7 Å². The molecule has 2 aromatic heterocycles. The highest BCUT2D eigenvalue weighted by Crippen LogP contribution is 2.39. The molecule has 3 nitrogen and oxygen atoms in total. The van der Waals surface area contributed by atoms with E-state index < -0.39 is 0 Å². The van der Waals surface area contributed by atoms with E-state index in [1.807, 2.05) is 35.7 Å². The molecule has 4 rings (SSSR count). The van der Waals surface area contributed by atoms with Crippen molar-refractivity contribution in [3.8, 4) is 10.6 Å². The SMILES string of the molecule is O=C(Nc1cc(-c2nc3ccccc3s2)c(Cl)cc1Cl)c1cccs1. The van der Waals surface area contributed by atoms with Gasteiger partial charge in [-0.25, -0.2) is 4.98 Å². The molecular formula is C18H10Cl2N2OS2. The van der Waals surface area contributed by atoms with E-state index in [-0.39, 0.29) is 5.91 Å². The second-order valence-electron chi connectivity index (χ2n) is 5.23. The molecule has 0 aliphatic rings. The summed E-state index contributed by atoms with van der Waals surface area (Å²) in [7, 11) is 0. The molecule has 1 N–H and O–H groups in total. The number of para-hydroxylation sites is 1. The minimum atomic E-state index is -0.200. The van der Waals surface area contributed by atoms with Crippen molar-refractivity contribution in [3.05, 3.63) is 68.8 Å². The van der Waals surface area contributed by atoms with Crippen LogP contribution in [0, 0.1) is 0 Å². The van der Waals surface area contributed by atoms with Crippen molar-refractivity contribution in [2.45, 2.75) is 0 Å². The van der Waals surface area contributed by atoms with Gasteiger partial charge in [0.25, 0.3) is 5.91 Å². The number of benzene rings is 2. The van der Waals surface area contributed by atoms with Crippen LogP contribution in [0.25, 0.3) is 20.8 Å². The average Bonchev–Trinajstić information content (AvgIpc) is 3.26. The lowest BCUT2D eigenvalue weighted by Crippen LogP contribution is -2.10. The highest BCUT2D eigenvalue weighted by Gasteiger charge is 2.15. The van der Waals surface area contributed by atoms with Crippen LogP contribution in [-0.4, -0.2) is 10.9 Å². The number of fused-ring (bicyclic) bond motifs is 1. The third-order valence-electron chi connectivity index (χ3n) is 3.57. The van der Waals surface area contributed by atoms with Gasteiger partial charge in [-0.2, -0.15) is 0 Å². The molecule has 0 aliphatic carbocycles. The van der Waals surface area contributed by atoms with Crippen molar-refractivity contribution in [3.63, 3.8) is 0 Å². The number of rotatable bonds is 3. The third-order valence-corrected chi connectivity index (χ3v) is 6.14. The average molecular weight is 405 g/mol. The summed E-state index contributed by atoms with van der Waals surface area (Å²) in [4.78, 5) is 17.5. The minimum Gasteiger partial charge on any atom is -0.320 e. The molecule has 4 aromatic rings. The van der Waals surface area contributed by atoms with Crippen LogP contribution in [0.2, 0.25) is 10.0 Å². The van der Waals surface area contributed by atoms with Crippen LogP contribution in [0.1, 0.15) is 9.67 Å². The highest BCUT2D eigenvalue weighted by molar-refractivity contribution is 7.21. The van der Waals surface area contributed by atoms with Crippen LogP contribution in [0.4, 0.5) is 5.69 Å². The zero-order chi connectivity index (χ0) is 17.4. The van der Waals surface area contributed by atoms with Gasteiger partial charge in [-0.3, -0.25) is 4.79 Å². The largest absolute Gasteiger partial charge is 0.320 e. The number of nitrogens with one attached hydrogen (secondary N) is 1. The van der Waals surface area contributed by atoms with E-state index in [1.54, 1.807) is 29.5 Å². The molecule has 0 unspecified atom stereocenters. The number of hydrogen-bond acceptors (Lipinski definition) is 4. The maximum atomic E-state index is 12.3. The second kappa shape index (κ2) is 6.77. The molecule has 0 saturated heterocycles. The second-order valence-corrected chi connectivity index (χ2v) is 8.02. The molecule has 2 heterocycles. The van der Waals surface area contributed by atoms with Gasteiger partial charge in [-0.1, -0.05) is 41.4 Å². The Labute approximate surface area is 161 Å². The highest BCUT2D eigenvalue weighted by atomic mass is 35.5. The number of carbonyl (C=O) groups is 1. The topological polar surface area (TPSA) is 42.0 Å². The summed E-state index contributed by atoms with van der Waals surface area (Å²) in [5.74, 6) is -0.200. The predicted octanol–water partition coefficient (Wildman–Crippen LogP) is 6.58. The monoisotopic (exact) mass is 404 g/mol. The van der Waals surface area contributed by atoms with Crippen molar-refractivity contribution < 1.29 is 4.79 Å². The smallest absolute Gasteiger partial charge is 0.265 e. The summed E-state index contributed by atoms with van der Waals surface area (Å²) in [5, 5.41) is 6.37. The minimum absolute atomic E-state index is 0.200. The Balaban J connectivity index is 1.74. The standard InChI is InChI=1S/C18H10Cl2N2OS2/c19-11-9-12(20)14(21-17(23)16-6-3-7-24-16)8-10(11)18-22-13-4-1-2-5-15(13)25-18/h1-9H,(H,21,23). The van der Waals surface area contributed by atoms with E-state index >= 15 is 0 Å². The lowest BCUT2D eigenvalue weighted by atomic mass is 10.2. The van der Waals surface area contributed by atoms with Crippen molar-refractivity contribution in [1.82, 2.24) is 4.98 Å². The quantitative estimate of drug-likeness (QED) is 0.418. The van der Waals surface area contributed by atoms with Crippen LogP contribution >= 0.6 is 45.9 Å². The number of hydrogen-bond donors (Lipinski definition) is 1. The van der Waals surface area contributed by atoms with Crippen LogP contribution < -0.4 is 5.32 Å². The van der Waals surface area contributed by atoms with Gasteiger partial charge in [0.05, 0.1) is 30.8 Å². The Hall–Kier alpha value is -1.92.